The number of ether oxygens (including phenoxy) is 1. The number of hydrogen-bond acceptors (Lipinski definition) is 2. The van der Waals surface area contributed by atoms with E-state index >= 15 is 0 Å². The molecule has 2 heteroatoms. The van der Waals surface area contributed by atoms with Crippen LogP contribution in [0.4, 0.5) is 0 Å². The Morgan fingerprint density at radius 3 is 2.56 bits per heavy atom. The Bertz CT molecular complexity index is 42.2. The second-order valence-corrected chi connectivity index (χ2v) is 3.03. The standard InChI is InChI=1S/C7H16OS/c1-3-6-9-7-5-8-4-2/h3-7H2,1-2H3. The summed E-state index contributed by atoms with van der Waals surface area (Å²) in [5.41, 5.74) is 0. The van der Waals surface area contributed by atoms with Crippen molar-refractivity contribution in [2.24, 2.45) is 0 Å². The Hall–Kier alpha value is 0.310. The van der Waals surface area contributed by atoms with Crippen LogP contribution >= 0.6 is 11.8 Å². The van der Waals surface area contributed by atoms with Crippen LogP contribution < -0.4 is 0 Å². The molecule has 0 aromatic carbocycles. The second-order valence-electron chi connectivity index (χ2n) is 1.81. The van der Waals surface area contributed by atoms with E-state index in [-0.39, 0.29) is 0 Å². The van der Waals surface area contributed by atoms with Crippen LogP contribution in [0.15, 0.2) is 0 Å². The maximum Gasteiger partial charge on any atom is 0.0556 e. The zero-order valence-corrected chi connectivity index (χ0v) is 7.17. The summed E-state index contributed by atoms with van der Waals surface area (Å²) in [6, 6.07) is 0. The third-order valence-electron chi connectivity index (χ3n) is 0.925. The van der Waals surface area contributed by atoms with Gasteiger partial charge in [0.05, 0.1) is 6.61 Å². The molecule has 0 saturated carbocycles. The molecular formula is C7H16OS. The number of hydrogen-bond donors (Lipinski definition) is 0. The molecule has 0 aliphatic heterocycles. The summed E-state index contributed by atoms with van der Waals surface area (Å²) in [5, 5.41) is 0. The van der Waals surface area contributed by atoms with Gasteiger partial charge in [0.2, 0.25) is 0 Å². The van der Waals surface area contributed by atoms with Crippen molar-refractivity contribution in [1.29, 1.82) is 0 Å². The van der Waals surface area contributed by atoms with Crippen LogP contribution in [-0.4, -0.2) is 24.7 Å². The lowest BCUT2D eigenvalue weighted by Gasteiger charge is -1.98. The topological polar surface area (TPSA) is 9.23 Å². The van der Waals surface area contributed by atoms with Crippen molar-refractivity contribution in [3.8, 4) is 0 Å². The van der Waals surface area contributed by atoms with E-state index in [9.17, 15) is 0 Å². The first kappa shape index (κ1) is 9.31. The van der Waals surface area contributed by atoms with Crippen molar-refractivity contribution in [3.63, 3.8) is 0 Å². The van der Waals surface area contributed by atoms with E-state index in [1.807, 2.05) is 18.7 Å². The Labute approximate surface area is 62.2 Å². The lowest BCUT2D eigenvalue weighted by molar-refractivity contribution is 0.164. The molecule has 0 aliphatic carbocycles. The molecule has 0 aromatic rings. The predicted molar refractivity (Wildman–Crippen MR) is 44.1 cm³/mol. The SMILES string of the molecule is CCCSCCOCC. The molecule has 0 amide bonds. The van der Waals surface area contributed by atoms with Crippen molar-refractivity contribution in [2.45, 2.75) is 20.3 Å². The van der Waals surface area contributed by atoms with Crippen LogP contribution in [0, 0.1) is 0 Å². The normalized spacial score (nSPS) is 10.0. The van der Waals surface area contributed by atoms with Gasteiger partial charge in [-0.1, -0.05) is 6.92 Å². The highest BCUT2D eigenvalue weighted by molar-refractivity contribution is 7.99. The quantitative estimate of drug-likeness (QED) is 0.534. The van der Waals surface area contributed by atoms with Gasteiger partial charge in [0, 0.05) is 12.4 Å². The summed E-state index contributed by atoms with van der Waals surface area (Å²) in [6.07, 6.45) is 1.27. The first-order valence-corrected chi connectivity index (χ1v) is 4.72. The van der Waals surface area contributed by atoms with Crippen molar-refractivity contribution in [2.75, 3.05) is 24.7 Å². The van der Waals surface area contributed by atoms with E-state index in [0.717, 1.165) is 19.0 Å². The fraction of sp³-hybridized carbons (Fsp3) is 1.00. The average molecular weight is 148 g/mol. The highest BCUT2D eigenvalue weighted by Crippen LogP contribution is 2.00. The molecule has 9 heavy (non-hydrogen) atoms. The van der Waals surface area contributed by atoms with Gasteiger partial charge >= 0.3 is 0 Å². The molecule has 0 aliphatic rings. The van der Waals surface area contributed by atoms with E-state index in [1.165, 1.54) is 12.2 Å². The van der Waals surface area contributed by atoms with E-state index < -0.39 is 0 Å². The molecule has 0 fully saturated rings. The predicted octanol–water partition coefficient (Wildman–Crippen LogP) is 2.17. The van der Waals surface area contributed by atoms with Crippen LogP contribution in [0.25, 0.3) is 0 Å². The second kappa shape index (κ2) is 8.31. The van der Waals surface area contributed by atoms with E-state index in [0.29, 0.717) is 0 Å². The van der Waals surface area contributed by atoms with Gasteiger partial charge in [-0.2, -0.15) is 11.8 Å². The first-order chi connectivity index (χ1) is 4.41. The fourth-order valence-corrected chi connectivity index (χ4v) is 1.24. The van der Waals surface area contributed by atoms with E-state index in [2.05, 4.69) is 6.92 Å². The van der Waals surface area contributed by atoms with Crippen LogP contribution in [0.2, 0.25) is 0 Å². The fourth-order valence-electron chi connectivity index (χ4n) is 0.509. The lowest BCUT2D eigenvalue weighted by Crippen LogP contribution is -1.96. The first-order valence-electron chi connectivity index (χ1n) is 3.57. The minimum Gasteiger partial charge on any atom is -0.381 e. The van der Waals surface area contributed by atoms with Gasteiger partial charge in [-0.3, -0.25) is 0 Å². The Morgan fingerprint density at radius 1 is 1.22 bits per heavy atom. The maximum atomic E-state index is 5.16. The summed E-state index contributed by atoms with van der Waals surface area (Å²) in [5.74, 6) is 2.43. The molecule has 0 aromatic heterocycles. The Morgan fingerprint density at radius 2 is 2.00 bits per heavy atom. The van der Waals surface area contributed by atoms with Gasteiger partial charge in [0.15, 0.2) is 0 Å². The zero-order chi connectivity index (χ0) is 6.95. The summed E-state index contributed by atoms with van der Waals surface area (Å²) in [6.45, 7) is 6.01. The molecule has 0 heterocycles. The van der Waals surface area contributed by atoms with E-state index in [4.69, 9.17) is 4.74 Å². The minimum atomic E-state index is 0.854. The van der Waals surface area contributed by atoms with Gasteiger partial charge < -0.3 is 4.74 Å². The van der Waals surface area contributed by atoms with Crippen molar-refractivity contribution in [1.82, 2.24) is 0 Å². The Balaban J connectivity index is 2.60. The summed E-state index contributed by atoms with van der Waals surface area (Å²) >= 11 is 1.97. The molecule has 56 valence electrons. The molecule has 0 radical (unpaired) electrons. The van der Waals surface area contributed by atoms with Crippen molar-refractivity contribution in [3.05, 3.63) is 0 Å². The monoisotopic (exact) mass is 148 g/mol. The molecule has 0 unspecified atom stereocenters. The molecule has 0 atom stereocenters. The molecule has 0 N–H and O–H groups in total. The lowest BCUT2D eigenvalue weighted by atomic mass is 10.6. The largest absolute Gasteiger partial charge is 0.381 e. The molecule has 0 spiro atoms. The molecule has 0 rings (SSSR count). The van der Waals surface area contributed by atoms with Crippen molar-refractivity contribution >= 4 is 11.8 Å². The highest BCUT2D eigenvalue weighted by atomic mass is 32.2. The third kappa shape index (κ3) is 8.31. The molecule has 1 nitrogen and oxygen atoms in total. The summed E-state index contributed by atoms with van der Waals surface area (Å²) in [7, 11) is 0. The van der Waals surface area contributed by atoms with Gasteiger partial charge in [0.1, 0.15) is 0 Å². The molecule has 0 bridgehead atoms. The molecule has 0 saturated heterocycles. The van der Waals surface area contributed by atoms with Crippen molar-refractivity contribution < 1.29 is 4.74 Å². The van der Waals surface area contributed by atoms with Gasteiger partial charge in [0.25, 0.3) is 0 Å². The smallest absolute Gasteiger partial charge is 0.0556 e. The van der Waals surface area contributed by atoms with Gasteiger partial charge in [-0.15, -0.1) is 0 Å². The van der Waals surface area contributed by atoms with Gasteiger partial charge in [-0.25, -0.2) is 0 Å². The minimum absolute atomic E-state index is 0.854. The molecular weight excluding hydrogens is 132 g/mol. The average Bonchev–Trinajstić information content (AvgIpc) is 1.89. The number of thioether (sulfide) groups is 1. The zero-order valence-electron chi connectivity index (χ0n) is 6.35. The highest BCUT2D eigenvalue weighted by Gasteiger charge is 1.85. The third-order valence-corrected chi connectivity index (χ3v) is 2.08. The van der Waals surface area contributed by atoms with E-state index in [1.54, 1.807) is 0 Å². The van der Waals surface area contributed by atoms with Crippen LogP contribution in [-0.2, 0) is 4.74 Å². The summed E-state index contributed by atoms with van der Waals surface area (Å²) < 4.78 is 5.16. The maximum absolute atomic E-state index is 5.16. The van der Waals surface area contributed by atoms with Gasteiger partial charge in [-0.05, 0) is 19.1 Å². The Kier molecular flexibility index (Phi) is 8.60. The summed E-state index contributed by atoms with van der Waals surface area (Å²) in [4.78, 5) is 0. The van der Waals surface area contributed by atoms with Crippen LogP contribution in [0.5, 0.6) is 0 Å². The van der Waals surface area contributed by atoms with Crippen LogP contribution in [0.3, 0.4) is 0 Å². The number of rotatable bonds is 6. The van der Waals surface area contributed by atoms with Crippen LogP contribution in [0.1, 0.15) is 20.3 Å².